The monoisotopic (exact) mass is 529 g/mol. The molecule has 0 aliphatic rings. The van der Waals surface area contributed by atoms with E-state index >= 15 is 0 Å². The molecule has 0 aliphatic carbocycles. The molecule has 0 fully saturated rings. The molecule has 1 aromatic heterocycles. The fourth-order valence-corrected chi connectivity index (χ4v) is 5.02. The highest BCUT2D eigenvalue weighted by Gasteiger charge is 2.19. The van der Waals surface area contributed by atoms with E-state index in [9.17, 15) is 14.9 Å². The van der Waals surface area contributed by atoms with Crippen LogP contribution in [0.3, 0.4) is 0 Å². The normalized spacial score (nSPS) is 13.1. The summed E-state index contributed by atoms with van der Waals surface area (Å²) in [5.41, 5.74) is 1.94. The zero-order chi connectivity index (χ0) is 24.1. The molecule has 0 aliphatic heterocycles. The second-order valence-electron chi connectivity index (χ2n) is 7.54. The van der Waals surface area contributed by atoms with E-state index in [0.29, 0.717) is 10.2 Å². The molecule has 4 rings (SSSR count). The van der Waals surface area contributed by atoms with Crippen LogP contribution in [0.15, 0.2) is 94.2 Å². The lowest BCUT2D eigenvalue weighted by atomic mass is 10.1. The smallest absolute Gasteiger partial charge is 0.273 e. The summed E-state index contributed by atoms with van der Waals surface area (Å²) in [7, 11) is 0. The summed E-state index contributed by atoms with van der Waals surface area (Å²) < 4.78 is 3.03. The van der Waals surface area contributed by atoms with Crippen LogP contribution in [-0.4, -0.2) is 10.5 Å². The second-order valence-corrected chi connectivity index (χ2v) is 9.49. The first kappa shape index (κ1) is 23.4. The Morgan fingerprint density at radius 2 is 1.74 bits per heavy atom. The van der Waals surface area contributed by atoms with Crippen LogP contribution in [0.25, 0.3) is 17.3 Å². The van der Waals surface area contributed by atoms with Gasteiger partial charge in [0, 0.05) is 4.47 Å². The summed E-state index contributed by atoms with van der Waals surface area (Å²) in [5.74, 6) is -0.529. The molecule has 1 atom stereocenters. The first-order valence-electron chi connectivity index (χ1n) is 10.5. The zero-order valence-electron chi connectivity index (χ0n) is 18.2. The van der Waals surface area contributed by atoms with E-state index in [1.807, 2.05) is 85.8 Å². The molecule has 1 N–H and O–H groups in total. The number of nitrogens with one attached hydrogen (secondary N) is 1. The molecule has 1 unspecified atom stereocenters. The molecule has 0 spiro atoms. The van der Waals surface area contributed by atoms with Crippen LogP contribution in [0.1, 0.15) is 24.1 Å². The zero-order valence-corrected chi connectivity index (χ0v) is 20.6. The van der Waals surface area contributed by atoms with E-state index in [0.717, 1.165) is 26.9 Å². The predicted molar refractivity (Wildman–Crippen MR) is 139 cm³/mol. The SMILES string of the molecule is CC(NC(=O)/C(C#N)=c1\s/c(=C/c2cccc(Br)c2)c(=O)n1-c1ccccc1)c1ccccc1. The van der Waals surface area contributed by atoms with Gasteiger partial charge in [0.25, 0.3) is 11.5 Å². The molecule has 3 aromatic carbocycles. The Morgan fingerprint density at radius 1 is 1.06 bits per heavy atom. The fourth-order valence-electron chi connectivity index (χ4n) is 3.50. The average molecular weight is 530 g/mol. The van der Waals surface area contributed by atoms with Crippen molar-refractivity contribution >= 4 is 44.8 Å². The third kappa shape index (κ3) is 5.09. The number of aromatic nitrogens is 1. The number of thiazole rings is 1. The van der Waals surface area contributed by atoms with E-state index in [2.05, 4.69) is 21.2 Å². The number of hydrogen-bond donors (Lipinski definition) is 1. The molecule has 5 nitrogen and oxygen atoms in total. The maximum atomic E-state index is 13.4. The van der Waals surface area contributed by atoms with Crippen molar-refractivity contribution in [1.29, 1.82) is 5.26 Å². The summed E-state index contributed by atoms with van der Waals surface area (Å²) in [6, 6.07) is 27.8. The number of nitriles is 1. The van der Waals surface area contributed by atoms with Crippen molar-refractivity contribution in [3.05, 3.63) is 120 Å². The van der Waals surface area contributed by atoms with Crippen molar-refractivity contribution < 1.29 is 4.79 Å². The van der Waals surface area contributed by atoms with E-state index in [4.69, 9.17) is 0 Å². The lowest BCUT2D eigenvalue weighted by Gasteiger charge is -2.13. The molecule has 34 heavy (non-hydrogen) atoms. The molecule has 168 valence electrons. The number of amides is 1. The first-order valence-corrected chi connectivity index (χ1v) is 12.1. The minimum atomic E-state index is -0.529. The highest BCUT2D eigenvalue weighted by molar-refractivity contribution is 9.10. The van der Waals surface area contributed by atoms with Crippen LogP contribution in [0.5, 0.6) is 0 Å². The van der Waals surface area contributed by atoms with Gasteiger partial charge in [-0.1, -0.05) is 76.6 Å². The number of benzene rings is 3. The van der Waals surface area contributed by atoms with Crippen molar-refractivity contribution in [2.45, 2.75) is 13.0 Å². The summed E-state index contributed by atoms with van der Waals surface area (Å²) in [4.78, 5) is 26.6. The van der Waals surface area contributed by atoms with E-state index in [1.165, 1.54) is 4.57 Å². The van der Waals surface area contributed by atoms with Gasteiger partial charge in [-0.3, -0.25) is 14.2 Å². The Hall–Kier alpha value is -3.73. The number of carbonyl (C=O) groups is 1. The fraction of sp³-hybridized carbons (Fsp3) is 0.0741. The number of carbonyl (C=O) groups excluding carboxylic acids is 1. The number of halogens is 1. The predicted octanol–water partition coefficient (Wildman–Crippen LogP) is 4.04. The van der Waals surface area contributed by atoms with Crippen LogP contribution in [0.4, 0.5) is 0 Å². The maximum Gasteiger partial charge on any atom is 0.273 e. The molecule has 0 saturated carbocycles. The van der Waals surface area contributed by atoms with Gasteiger partial charge in [0.1, 0.15) is 10.7 Å². The van der Waals surface area contributed by atoms with Gasteiger partial charge in [0.2, 0.25) is 0 Å². The van der Waals surface area contributed by atoms with Crippen molar-refractivity contribution in [1.82, 2.24) is 9.88 Å². The first-order chi connectivity index (χ1) is 16.5. The van der Waals surface area contributed by atoms with Crippen molar-refractivity contribution in [3.8, 4) is 11.8 Å². The summed E-state index contributed by atoms with van der Waals surface area (Å²) in [5, 5.41) is 12.8. The second kappa shape index (κ2) is 10.5. The van der Waals surface area contributed by atoms with Crippen LogP contribution >= 0.6 is 27.3 Å². The molecule has 0 radical (unpaired) electrons. The van der Waals surface area contributed by atoms with Gasteiger partial charge in [-0.2, -0.15) is 5.26 Å². The number of nitrogens with zero attached hydrogens (tertiary/aromatic N) is 2. The van der Waals surface area contributed by atoms with Crippen molar-refractivity contribution in [2.24, 2.45) is 0 Å². The van der Waals surface area contributed by atoms with Crippen LogP contribution in [-0.2, 0) is 4.79 Å². The Bertz CT molecular complexity index is 1550. The number of rotatable bonds is 5. The Labute approximate surface area is 209 Å². The lowest BCUT2D eigenvalue weighted by molar-refractivity contribution is -0.116. The standard InChI is InChI=1S/C27H20BrN3O2S/c1-18(20-10-4-2-5-11-20)30-25(32)23(17-29)27-31(22-13-6-3-7-14-22)26(33)24(34-27)16-19-9-8-12-21(28)15-19/h2-16,18H,1H3,(H,30,32)/b24-16+,27-23-. The minimum Gasteiger partial charge on any atom is -0.345 e. The van der Waals surface area contributed by atoms with Crippen molar-refractivity contribution in [2.75, 3.05) is 0 Å². The molecule has 1 heterocycles. The molecular weight excluding hydrogens is 510 g/mol. The molecule has 7 heteroatoms. The Morgan fingerprint density at radius 3 is 2.38 bits per heavy atom. The quantitative estimate of drug-likeness (QED) is 0.423. The molecule has 4 aromatic rings. The number of para-hydroxylation sites is 1. The van der Waals surface area contributed by atoms with E-state index < -0.39 is 5.91 Å². The number of hydrogen-bond acceptors (Lipinski definition) is 4. The third-order valence-electron chi connectivity index (χ3n) is 5.18. The van der Waals surface area contributed by atoms with Gasteiger partial charge >= 0.3 is 0 Å². The highest BCUT2D eigenvalue weighted by atomic mass is 79.9. The van der Waals surface area contributed by atoms with Gasteiger partial charge in [-0.05, 0) is 48.4 Å². The summed E-state index contributed by atoms with van der Waals surface area (Å²) in [6.45, 7) is 1.85. The van der Waals surface area contributed by atoms with Crippen LogP contribution in [0, 0.1) is 11.3 Å². The van der Waals surface area contributed by atoms with Gasteiger partial charge in [-0.25, -0.2) is 0 Å². The van der Waals surface area contributed by atoms with Crippen LogP contribution < -0.4 is 20.1 Å². The Balaban J connectivity index is 1.90. The molecule has 0 bridgehead atoms. The summed E-state index contributed by atoms with van der Waals surface area (Å²) in [6.07, 6.45) is 1.76. The van der Waals surface area contributed by atoms with E-state index in [-0.39, 0.29) is 21.8 Å². The molecule has 0 saturated heterocycles. The lowest BCUT2D eigenvalue weighted by Crippen LogP contribution is -2.34. The maximum absolute atomic E-state index is 13.4. The average Bonchev–Trinajstić information content (AvgIpc) is 3.16. The van der Waals surface area contributed by atoms with Gasteiger partial charge in [-0.15, -0.1) is 11.3 Å². The largest absolute Gasteiger partial charge is 0.345 e. The topological polar surface area (TPSA) is 74.9 Å². The molecule has 1 amide bonds. The van der Waals surface area contributed by atoms with E-state index in [1.54, 1.807) is 18.2 Å². The third-order valence-corrected chi connectivity index (χ3v) is 6.77. The minimum absolute atomic E-state index is 0.109. The highest BCUT2D eigenvalue weighted by Crippen LogP contribution is 2.13. The van der Waals surface area contributed by atoms with Gasteiger partial charge < -0.3 is 5.32 Å². The van der Waals surface area contributed by atoms with Gasteiger partial charge in [0.05, 0.1) is 16.3 Å². The van der Waals surface area contributed by atoms with Crippen molar-refractivity contribution in [3.63, 3.8) is 0 Å². The Kier molecular flexibility index (Phi) is 7.21. The van der Waals surface area contributed by atoms with Crippen LogP contribution in [0.2, 0.25) is 0 Å². The van der Waals surface area contributed by atoms with Gasteiger partial charge in [0.15, 0.2) is 5.57 Å². The molecular formula is C27H20BrN3O2S. The summed E-state index contributed by atoms with van der Waals surface area (Å²) >= 11 is 4.57.